The molecule has 2 heteroatoms. The first-order chi connectivity index (χ1) is 22.9. The summed E-state index contributed by atoms with van der Waals surface area (Å²) in [6, 6.07) is 71.8. The quantitative estimate of drug-likeness (QED) is 0.153. The van der Waals surface area contributed by atoms with Gasteiger partial charge in [0.05, 0.1) is 0 Å². The molecule has 0 aliphatic rings. The highest BCUT2D eigenvalue weighted by molar-refractivity contribution is 7.80. The predicted molar refractivity (Wildman–Crippen MR) is 211 cm³/mol. The lowest BCUT2D eigenvalue weighted by Gasteiger charge is -2.28. The summed E-state index contributed by atoms with van der Waals surface area (Å²) in [7, 11) is -1.70. The number of hydrogen-bond acceptors (Lipinski definition) is 0. The Balaban J connectivity index is 0.00000351. The molecule has 8 rings (SSSR count). The van der Waals surface area contributed by atoms with Gasteiger partial charge in [-0.15, -0.1) is 0 Å². The van der Waals surface area contributed by atoms with Gasteiger partial charge in [-0.2, -0.15) is 0 Å². The maximum atomic E-state index is 2.42. The summed E-state index contributed by atoms with van der Waals surface area (Å²) in [5.74, 6) is 0. The van der Waals surface area contributed by atoms with E-state index in [4.69, 9.17) is 0 Å². The van der Waals surface area contributed by atoms with Crippen molar-refractivity contribution in [2.45, 2.75) is 7.43 Å². The van der Waals surface area contributed by atoms with Gasteiger partial charge in [0.15, 0.2) is 0 Å². The van der Waals surface area contributed by atoms with Gasteiger partial charge in [-0.25, -0.2) is 0 Å². The highest BCUT2D eigenvalue weighted by Crippen LogP contribution is 2.45. The normalized spacial score (nSPS) is 11.2. The van der Waals surface area contributed by atoms with E-state index in [1.807, 2.05) is 0 Å². The van der Waals surface area contributed by atoms with Crippen LogP contribution < -0.4 is 31.8 Å². The average Bonchev–Trinajstić information content (AvgIpc) is 3.14. The second-order valence-electron chi connectivity index (χ2n) is 11.4. The fraction of sp³-hybridized carbons (Fsp3) is 0.0222. The molecule has 0 spiro atoms. The first-order valence-corrected chi connectivity index (χ1v) is 18.4. The van der Waals surface area contributed by atoms with Crippen molar-refractivity contribution in [1.82, 2.24) is 0 Å². The molecule has 0 unspecified atom stereocenters. The maximum Gasteiger partial charge on any atom is -0.000884 e. The predicted octanol–water partition coefficient (Wildman–Crippen LogP) is 9.81. The standard InChI is InChI=1S/C44H32P2.CH4/c1-5-19-35(20-6-1)45(36-21-7-2-8-22-36)41-31-29-33-17-13-15-27-39(33)43(41)44-40-28-16-14-18-34(40)30-32-42(44)46(37-23-9-3-10-24-37)38-25-11-4-12-26-38;/h1-32H;1H4. The largest absolute Gasteiger partial charge is 0.0776 e. The van der Waals surface area contributed by atoms with Gasteiger partial charge >= 0.3 is 0 Å². The molecule has 47 heavy (non-hydrogen) atoms. The molecule has 0 aromatic heterocycles. The molecule has 0 atom stereocenters. The molecule has 0 nitrogen and oxygen atoms in total. The van der Waals surface area contributed by atoms with Crippen LogP contribution in [-0.2, 0) is 0 Å². The summed E-state index contributed by atoms with van der Waals surface area (Å²) in [5.41, 5.74) is 2.70. The Kier molecular flexibility index (Phi) is 9.08. The molecule has 0 N–H and O–H groups in total. The topological polar surface area (TPSA) is 0 Å². The summed E-state index contributed by atoms with van der Waals surface area (Å²) < 4.78 is 0. The molecule has 8 aromatic carbocycles. The van der Waals surface area contributed by atoms with Gasteiger partial charge < -0.3 is 0 Å². The van der Waals surface area contributed by atoms with Crippen LogP contribution in [0.15, 0.2) is 194 Å². The van der Waals surface area contributed by atoms with E-state index >= 15 is 0 Å². The van der Waals surface area contributed by atoms with E-state index in [1.165, 1.54) is 64.5 Å². The molecule has 0 heterocycles. The van der Waals surface area contributed by atoms with Gasteiger partial charge in [0, 0.05) is 0 Å². The Morgan fingerprint density at radius 1 is 0.255 bits per heavy atom. The molecule has 0 saturated carbocycles. The minimum atomic E-state index is -0.852. The van der Waals surface area contributed by atoms with E-state index < -0.39 is 15.8 Å². The van der Waals surface area contributed by atoms with Gasteiger partial charge in [0.25, 0.3) is 0 Å². The summed E-state index contributed by atoms with van der Waals surface area (Å²) in [6.45, 7) is 0. The first kappa shape index (κ1) is 30.8. The maximum absolute atomic E-state index is 2.42. The Morgan fingerprint density at radius 2 is 0.532 bits per heavy atom. The fourth-order valence-electron chi connectivity index (χ4n) is 6.58. The molecular weight excluding hydrogens is 602 g/mol. The molecule has 226 valence electrons. The van der Waals surface area contributed by atoms with Crippen molar-refractivity contribution in [2.24, 2.45) is 0 Å². The third kappa shape index (κ3) is 5.92. The number of benzene rings is 8. The highest BCUT2D eigenvalue weighted by Gasteiger charge is 2.27. The van der Waals surface area contributed by atoms with Crippen molar-refractivity contribution >= 4 is 69.2 Å². The fourth-order valence-corrected chi connectivity index (χ4v) is 11.5. The minimum Gasteiger partial charge on any atom is -0.0776 e. The molecule has 0 aliphatic heterocycles. The van der Waals surface area contributed by atoms with Gasteiger partial charge in [-0.05, 0) is 80.3 Å². The van der Waals surface area contributed by atoms with Crippen LogP contribution in [0.1, 0.15) is 7.43 Å². The highest BCUT2D eigenvalue weighted by atomic mass is 31.1. The minimum absolute atomic E-state index is 0. The van der Waals surface area contributed by atoms with Gasteiger partial charge in [0.1, 0.15) is 0 Å². The van der Waals surface area contributed by atoms with E-state index in [2.05, 4.69) is 194 Å². The molecule has 0 radical (unpaired) electrons. The molecule has 0 fully saturated rings. The lowest BCUT2D eigenvalue weighted by Crippen LogP contribution is -2.26. The van der Waals surface area contributed by atoms with Crippen LogP contribution in [-0.4, -0.2) is 0 Å². The average molecular weight is 639 g/mol. The molecular formula is C45H36P2. The SMILES string of the molecule is C.c1ccc(P(c2ccccc2)c2ccc3ccccc3c2-c2c(P(c3ccccc3)c3ccccc3)ccc3ccccc23)cc1. The summed E-state index contributed by atoms with van der Waals surface area (Å²) in [4.78, 5) is 0. The van der Waals surface area contributed by atoms with Crippen molar-refractivity contribution in [3.05, 3.63) is 194 Å². The first-order valence-electron chi connectivity index (χ1n) is 15.7. The Hall–Kier alpha value is -4.86. The number of hydrogen-bond donors (Lipinski definition) is 0. The van der Waals surface area contributed by atoms with Gasteiger partial charge in [-0.3, -0.25) is 0 Å². The zero-order valence-corrected chi connectivity index (χ0v) is 27.2. The van der Waals surface area contributed by atoms with Crippen molar-refractivity contribution in [3.63, 3.8) is 0 Å². The molecule has 0 aliphatic carbocycles. The Morgan fingerprint density at radius 3 is 0.851 bits per heavy atom. The lowest BCUT2D eigenvalue weighted by molar-refractivity contribution is 1.72. The third-order valence-electron chi connectivity index (χ3n) is 8.60. The Bertz CT molecular complexity index is 2000. The van der Waals surface area contributed by atoms with Gasteiger partial charge in [0.2, 0.25) is 0 Å². The molecule has 0 saturated heterocycles. The second-order valence-corrected chi connectivity index (χ2v) is 15.7. The summed E-state index contributed by atoms with van der Waals surface area (Å²) >= 11 is 0. The monoisotopic (exact) mass is 638 g/mol. The van der Waals surface area contributed by atoms with Gasteiger partial charge in [-0.1, -0.05) is 202 Å². The van der Waals surface area contributed by atoms with Crippen LogP contribution in [0, 0.1) is 0 Å². The van der Waals surface area contributed by atoms with Crippen LogP contribution in [0.25, 0.3) is 32.7 Å². The smallest absolute Gasteiger partial charge is 0.000884 e. The van der Waals surface area contributed by atoms with E-state index in [0.717, 1.165) is 0 Å². The number of fused-ring (bicyclic) bond motifs is 2. The Labute approximate surface area is 280 Å². The lowest BCUT2D eigenvalue weighted by atomic mass is 9.93. The summed E-state index contributed by atoms with van der Waals surface area (Å²) in [6.07, 6.45) is 0. The van der Waals surface area contributed by atoms with Crippen molar-refractivity contribution in [3.8, 4) is 11.1 Å². The van der Waals surface area contributed by atoms with E-state index in [9.17, 15) is 0 Å². The van der Waals surface area contributed by atoms with E-state index in [1.54, 1.807) is 0 Å². The molecule has 0 bridgehead atoms. The van der Waals surface area contributed by atoms with E-state index in [-0.39, 0.29) is 7.43 Å². The van der Waals surface area contributed by atoms with Crippen LogP contribution in [0.4, 0.5) is 0 Å². The number of rotatable bonds is 7. The molecule has 0 amide bonds. The van der Waals surface area contributed by atoms with Crippen LogP contribution in [0.2, 0.25) is 0 Å². The van der Waals surface area contributed by atoms with Crippen molar-refractivity contribution in [2.75, 3.05) is 0 Å². The second kappa shape index (κ2) is 13.9. The van der Waals surface area contributed by atoms with Crippen molar-refractivity contribution in [1.29, 1.82) is 0 Å². The molecule has 8 aromatic rings. The van der Waals surface area contributed by atoms with Crippen LogP contribution >= 0.6 is 15.8 Å². The van der Waals surface area contributed by atoms with Crippen molar-refractivity contribution < 1.29 is 0 Å². The zero-order valence-electron chi connectivity index (χ0n) is 25.4. The van der Waals surface area contributed by atoms with Crippen LogP contribution in [0.3, 0.4) is 0 Å². The van der Waals surface area contributed by atoms with Crippen LogP contribution in [0.5, 0.6) is 0 Å². The van der Waals surface area contributed by atoms with E-state index in [0.29, 0.717) is 0 Å². The third-order valence-corrected chi connectivity index (χ3v) is 13.6. The zero-order chi connectivity index (χ0) is 30.7. The summed E-state index contributed by atoms with van der Waals surface area (Å²) in [5, 5.41) is 13.3.